The highest BCUT2D eigenvalue weighted by molar-refractivity contribution is 6.36. The monoisotopic (exact) mass is 306 g/mol. The molecule has 2 heterocycles. The molecule has 0 N–H and O–H groups in total. The van der Waals surface area contributed by atoms with E-state index >= 15 is 0 Å². The Morgan fingerprint density at radius 2 is 1.95 bits per heavy atom. The minimum absolute atomic E-state index is 0.0954. The zero-order valence-corrected chi connectivity index (χ0v) is 12.3. The summed E-state index contributed by atoms with van der Waals surface area (Å²) in [4.78, 5) is 29.7. The Bertz CT molecular complexity index is 1060. The minimum atomic E-state index is -0.342. The van der Waals surface area contributed by atoms with Gasteiger partial charge in [-0.25, -0.2) is 4.98 Å². The molecular formula is C16H8BClN2O2. The van der Waals surface area contributed by atoms with Crippen LogP contribution in [0.25, 0.3) is 16.6 Å². The molecule has 1 aliphatic heterocycles. The third-order valence-corrected chi connectivity index (χ3v) is 4.36. The Hall–Kier alpha value is -2.40. The predicted octanol–water partition coefficient (Wildman–Crippen LogP) is 1.69. The maximum Gasteiger partial charge on any atom is 0.267 e. The van der Waals surface area contributed by atoms with Gasteiger partial charge in [-0.1, -0.05) is 35.3 Å². The van der Waals surface area contributed by atoms with Crippen molar-refractivity contribution in [1.82, 2.24) is 9.55 Å². The van der Waals surface area contributed by atoms with Gasteiger partial charge in [-0.2, -0.15) is 0 Å². The summed E-state index contributed by atoms with van der Waals surface area (Å²) in [5, 5.41) is 0.685. The number of hydrogen-bond donors (Lipinski definition) is 0. The summed E-state index contributed by atoms with van der Waals surface area (Å²) in [5.41, 5.74) is 2.20. The summed E-state index contributed by atoms with van der Waals surface area (Å²) in [6.45, 7) is 1.82. The summed E-state index contributed by atoms with van der Waals surface area (Å²) >= 11 is 6.26. The van der Waals surface area contributed by atoms with Crippen molar-refractivity contribution < 1.29 is 4.79 Å². The van der Waals surface area contributed by atoms with Crippen molar-refractivity contribution in [2.24, 2.45) is 0 Å². The first kappa shape index (κ1) is 13.3. The van der Waals surface area contributed by atoms with Crippen LogP contribution in [0.5, 0.6) is 0 Å². The molecule has 1 aliphatic rings. The lowest BCUT2D eigenvalue weighted by molar-refractivity contribution is 0.103. The smallest absolute Gasteiger partial charge is 0.267 e. The van der Waals surface area contributed by atoms with Crippen LogP contribution in [0.1, 0.15) is 21.7 Å². The average molecular weight is 307 g/mol. The van der Waals surface area contributed by atoms with Gasteiger partial charge >= 0.3 is 0 Å². The van der Waals surface area contributed by atoms with Gasteiger partial charge in [-0.05, 0) is 24.6 Å². The molecule has 6 heteroatoms. The van der Waals surface area contributed by atoms with Gasteiger partial charge < -0.3 is 0 Å². The number of fused-ring (bicyclic) bond motifs is 4. The molecule has 3 aromatic rings. The van der Waals surface area contributed by atoms with Crippen molar-refractivity contribution in [3.05, 3.63) is 62.7 Å². The second-order valence-corrected chi connectivity index (χ2v) is 5.65. The van der Waals surface area contributed by atoms with Crippen molar-refractivity contribution >= 4 is 41.6 Å². The van der Waals surface area contributed by atoms with E-state index in [2.05, 4.69) is 4.98 Å². The number of carbonyl (C=O) groups excluding carboxylic acids is 1. The molecule has 0 unspecified atom stereocenters. The molecule has 22 heavy (non-hydrogen) atoms. The first-order chi connectivity index (χ1) is 10.5. The molecule has 2 aromatic carbocycles. The van der Waals surface area contributed by atoms with Crippen LogP contribution in [-0.2, 0) is 0 Å². The SMILES string of the molecule is [B]c1ccc2c(c1)C(=O)c1nc3ccc(C)c(Cl)c3c(=O)n1-2. The van der Waals surface area contributed by atoms with Crippen LogP contribution < -0.4 is 11.0 Å². The first-order valence-corrected chi connectivity index (χ1v) is 7.03. The molecule has 0 fully saturated rings. The van der Waals surface area contributed by atoms with E-state index < -0.39 is 0 Å². The van der Waals surface area contributed by atoms with E-state index in [1.807, 2.05) is 6.92 Å². The van der Waals surface area contributed by atoms with Gasteiger partial charge in [0.2, 0.25) is 5.78 Å². The maximum absolute atomic E-state index is 12.8. The van der Waals surface area contributed by atoms with Gasteiger partial charge in [-0.3, -0.25) is 14.2 Å². The number of halogens is 1. The Morgan fingerprint density at radius 3 is 2.73 bits per heavy atom. The van der Waals surface area contributed by atoms with E-state index in [-0.39, 0.29) is 17.2 Å². The highest BCUT2D eigenvalue weighted by atomic mass is 35.5. The van der Waals surface area contributed by atoms with Crippen molar-refractivity contribution in [3.63, 3.8) is 0 Å². The van der Waals surface area contributed by atoms with Crippen LogP contribution in [0.4, 0.5) is 0 Å². The molecule has 0 bridgehead atoms. The van der Waals surface area contributed by atoms with Crippen LogP contribution in [0, 0.1) is 6.92 Å². The van der Waals surface area contributed by atoms with Crippen LogP contribution in [-0.4, -0.2) is 23.2 Å². The number of aromatic nitrogens is 2. The van der Waals surface area contributed by atoms with E-state index in [0.29, 0.717) is 32.6 Å². The molecule has 4 nitrogen and oxygen atoms in total. The van der Waals surface area contributed by atoms with Crippen molar-refractivity contribution in [2.75, 3.05) is 0 Å². The van der Waals surface area contributed by atoms with E-state index in [0.717, 1.165) is 5.56 Å². The molecule has 0 amide bonds. The molecule has 0 saturated heterocycles. The normalized spacial score (nSPS) is 12.5. The quantitative estimate of drug-likeness (QED) is 0.465. The zero-order chi connectivity index (χ0) is 15.6. The number of nitrogens with zero attached hydrogens (tertiary/aromatic N) is 2. The third-order valence-electron chi connectivity index (χ3n) is 3.88. The molecule has 1 aromatic heterocycles. The summed E-state index contributed by atoms with van der Waals surface area (Å²) < 4.78 is 1.31. The molecule has 0 aliphatic carbocycles. The Labute approximate surface area is 131 Å². The van der Waals surface area contributed by atoms with Crippen molar-refractivity contribution in [2.45, 2.75) is 6.92 Å². The van der Waals surface area contributed by atoms with E-state index in [9.17, 15) is 9.59 Å². The van der Waals surface area contributed by atoms with Gasteiger partial charge in [-0.15, -0.1) is 0 Å². The lowest BCUT2D eigenvalue weighted by Gasteiger charge is -2.08. The van der Waals surface area contributed by atoms with E-state index in [1.165, 1.54) is 4.57 Å². The fourth-order valence-corrected chi connectivity index (χ4v) is 3.01. The number of rotatable bonds is 0. The fourth-order valence-electron chi connectivity index (χ4n) is 2.77. The molecule has 0 atom stereocenters. The van der Waals surface area contributed by atoms with Crippen LogP contribution in [0.15, 0.2) is 35.1 Å². The highest BCUT2D eigenvalue weighted by Crippen LogP contribution is 2.28. The van der Waals surface area contributed by atoms with Crippen LogP contribution in [0.2, 0.25) is 5.02 Å². The summed E-state index contributed by atoms with van der Waals surface area (Å²) in [6, 6.07) is 8.33. The molecule has 0 saturated carbocycles. The Kier molecular flexibility index (Phi) is 2.60. The number of carbonyl (C=O) groups is 1. The maximum atomic E-state index is 12.8. The number of hydrogen-bond acceptors (Lipinski definition) is 3. The van der Waals surface area contributed by atoms with E-state index in [1.54, 1.807) is 30.3 Å². The van der Waals surface area contributed by atoms with Gasteiger partial charge in [0.15, 0.2) is 5.82 Å². The van der Waals surface area contributed by atoms with Gasteiger partial charge in [0, 0.05) is 5.56 Å². The van der Waals surface area contributed by atoms with Crippen LogP contribution in [0.3, 0.4) is 0 Å². The van der Waals surface area contributed by atoms with Gasteiger partial charge in [0.25, 0.3) is 5.56 Å². The van der Waals surface area contributed by atoms with E-state index in [4.69, 9.17) is 19.4 Å². The second kappa shape index (κ2) is 4.30. The van der Waals surface area contributed by atoms with Gasteiger partial charge in [0.05, 0.1) is 21.6 Å². The standard InChI is InChI=1S/C16H8BClN2O2/c1-7-2-4-10-12(13(7)18)16(22)20-11-5-3-8(17)6-9(11)14(21)15(20)19-10/h2-6H,1H3. The average Bonchev–Trinajstić information content (AvgIpc) is 2.76. The zero-order valence-electron chi connectivity index (χ0n) is 11.6. The second-order valence-electron chi connectivity index (χ2n) is 5.27. The summed E-state index contributed by atoms with van der Waals surface area (Å²) in [7, 11) is 5.73. The lowest BCUT2D eigenvalue weighted by atomic mass is 9.93. The number of benzene rings is 2. The van der Waals surface area contributed by atoms with Crippen molar-refractivity contribution in [3.8, 4) is 5.69 Å². The summed E-state index contributed by atoms with van der Waals surface area (Å²) in [6.07, 6.45) is 0. The third kappa shape index (κ3) is 1.57. The predicted molar refractivity (Wildman–Crippen MR) is 85.9 cm³/mol. The molecule has 2 radical (unpaired) electrons. The fraction of sp³-hybridized carbons (Fsp3) is 0.0625. The van der Waals surface area contributed by atoms with Gasteiger partial charge in [0.1, 0.15) is 7.85 Å². The molecular weight excluding hydrogens is 298 g/mol. The van der Waals surface area contributed by atoms with Crippen molar-refractivity contribution in [1.29, 1.82) is 0 Å². The minimum Gasteiger partial charge on any atom is -0.285 e. The Morgan fingerprint density at radius 1 is 1.18 bits per heavy atom. The Balaban J connectivity index is 2.21. The van der Waals surface area contributed by atoms with Crippen LogP contribution >= 0.6 is 11.6 Å². The lowest BCUT2D eigenvalue weighted by Crippen LogP contribution is -2.22. The first-order valence-electron chi connectivity index (χ1n) is 6.65. The largest absolute Gasteiger partial charge is 0.285 e. The summed E-state index contributed by atoms with van der Waals surface area (Å²) in [5.74, 6) is -0.212. The highest BCUT2D eigenvalue weighted by Gasteiger charge is 2.30. The molecule has 0 spiro atoms. The molecule has 104 valence electrons. The number of aryl methyl sites for hydroxylation is 1. The number of ketones is 1. The topological polar surface area (TPSA) is 52.0 Å². The molecule has 4 rings (SSSR count).